The molecule has 0 aromatic carbocycles. The van der Waals surface area contributed by atoms with Gasteiger partial charge in [0.05, 0.1) is 6.61 Å². The number of likely N-dealkylation sites (tertiary alicyclic amines) is 1. The minimum atomic E-state index is 0.322. The van der Waals surface area contributed by atoms with Crippen molar-refractivity contribution < 1.29 is 4.74 Å². The van der Waals surface area contributed by atoms with Crippen LogP contribution in [0.2, 0.25) is 0 Å². The topological polar surface area (TPSA) is 24.5 Å². The number of ether oxygens (including phenoxy) is 1. The third-order valence-electron chi connectivity index (χ3n) is 3.64. The first-order valence-electron chi connectivity index (χ1n) is 6.35. The Morgan fingerprint density at radius 1 is 1.47 bits per heavy atom. The summed E-state index contributed by atoms with van der Waals surface area (Å²) >= 11 is 0. The van der Waals surface area contributed by atoms with Gasteiger partial charge in [0.2, 0.25) is 0 Å². The van der Waals surface area contributed by atoms with Gasteiger partial charge in [-0.3, -0.25) is 5.32 Å². The van der Waals surface area contributed by atoms with Crippen LogP contribution >= 0.6 is 0 Å². The lowest BCUT2D eigenvalue weighted by atomic mass is 10.0. The fourth-order valence-electron chi connectivity index (χ4n) is 2.58. The van der Waals surface area contributed by atoms with Gasteiger partial charge in [-0.25, -0.2) is 0 Å². The van der Waals surface area contributed by atoms with Gasteiger partial charge in [0.15, 0.2) is 0 Å². The van der Waals surface area contributed by atoms with E-state index in [2.05, 4.69) is 24.1 Å². The van der Waals surface area contributed by atoms with E-state index in [1.165, 1.54) is 32.5 Å². The fourth-order valence-corrected chi connectivity index (χ4v) is 2.58. The highest BCUT2D eigenvalue weighted by atomic mass is 16.5. The molecule has 3 heteroatoms. The molecule has 2 aliphatic heterocycles. The smallest absolute Gasteiger partial charge is 0.108 e. The molecule has 0 spiro atoms. The molecule has 2 fully saturated rings. The lowest BCUT2D eigenvalue weighted by Gasteiger charge is -2.30. The molecule has 2 rings (SSSR count). The number of hydrogen-bond acceptors (Lipinski definition) is 3. The van der Waals surface area contributed by atoms with Gasteiger partial charge in [-0.1, -0.05) is 13.8 Å². The molecule has 3 atom stereocenters. The normalized spacial score (nSPS) is 38.4. The van der Waals surface area contributed by atoms with E-state index in [-0.39, 0.29) is 0 Å². The van der Waals surface area contributed by atoms with E-state index in [0.717, 1.165) is 19.1 Å². The third-order valence-corrected chi connectivity index (χ3v) is 3.64. The van der Waals surface area contributed by atoms with E-state index in [4.69, 9.17) is 4.74 Å². The Kier molecular flexibility index (Phi) is 4.00. The Morgan fingerprint density at radius 3 is 2.93 bits per heavy atom. The van der Waals surface area contributed by atoms with Crippen LogP contribution in [0.3, 0.4) is 0 Å². The van der Waals surface area contributed by atoms with E-state index in [0.29, 0.717) is 12.1 Å². The van der Waals surface area contributed by atoms with Crippen LogP contribution in [0.4, 0.5) is 0 Å². The Morgan fingerprint density at radius 2 is 2.33 bits per heavy atom. The predicted molar refractivity (Wildman–Crippen MR) is 61.7 cm³/mol. The summed E-state index contributed by atoms with van der Waals surface area (Å²) in [5.74, 6) is 1.52. The molecule has 3 unspecified atom stereocenters. The van der Waals surface area contributed by atoms with Crippen LogP contribution in [0.15, 0.2) is 0 Å². The van der Waals surface area contributed by atoms with E-state index in [9.17, 15) is 0 Å². The number of nitrogens with one attached hydrogen (secondary N) is 1. The maximum Gasteiger partial charge on any atom is 0.108 e. The summed E-state index contributed by atoms with van der Waals surface area (Å²) in [7, 11) is 0. The average Bonchev–Trinajstić information content (AvgIpc) is 2.69. The largest absolute Gasteiger partial charge is 0.363 e. The summed E-state index contributed by atoms with van der Waals surface area (Å²) < 4.78 is 5.79. The van der Waals surface area contributed by atoms with E-state index in [1.54, 1.807) is 0 Å². The lowest BCUT2D eigenvalue weighted by molar-refractivity contribution is -0.0352. The van der Waals surface area contributed by atoms with Crippen LogP contribution in [-0.2, 0) is 4.74 Å². The lowest BCUT2D eigenvalue weighted by Crippen LogP contribution is -2.43. The zero-order valence-corrected chi connectivity index (χ0v) is 10.0. The monoisotopic (exact) mass is 212 g/mol. The van der Waals surface area contributed by atoms with Gasteiger partial charge >= 0.3 is 0 Å². The first-order chi connectivity index (χ1) is 7.28. The van der Waals surface area contributed by atoms with Crippen molar-refractivity contribution in [3.05, 3.63) is 0 Å². The molecule has 2 heterocycles. The standard InChI is InChI=1S/C12H24N2O/c1-3-14-5-4-11(8-14)6-12-13-7-10(2)9-15-12/h10-13H,3-9H2,1-2H3. The highest BCUT2D eigenvalue weighted by Crippen LogP contribution is 2.22. The van der Waals surface area contributed by atoms with Crippen molar-refractivity contribution in [1.82, 2.24) is 10.2 Å². The fraction of sp³-hybridized carbons (Fsp3) is 1.00. The minimum Gasteiger partial charge on any atom is -0.363 e. The predicted octanol–water partition coefficient (Wildman–Crippen LogP) is 1.30. The molecular weight excluding hydrogens is 188 g/mol. The third kappa shape index (κ3) is 3.16. The SMILES string of the molecule is CCN1CCC(CC2NCC(C)CO2)C1. The van der Waals surface area contributed by atoms with Gasteiger partial charge in [0.1, 0.15) is 6.23 Å². The van der Waals surface area contributed by atoms with Crippen LogP contribution in [0.1, 0.15) is 26.7 Å². The van der Waals surface area contributed by atoms with Crippen molar-refractivity contribution in [1.29, 1.82) is 0 Å². The summed E-state index contributed by atoms with van der Waals surface area (Å²) in [6.07, 6.45) is 2.87. The van der Waals surface area contributed by atoms with Crippen molar-refractivity contribution in [2.24, 2.45) is 11.8 Å². The molecule has 1 N–H and O–H groups in total. The Labute approximate surface area is 93.2 Å². The second kappa shape index (κ2) is 5.28. The van der Waals surface area contributed by atoms with Gasteiger partial charge in [-0.2, -0.15) is 0 Å². The molecule has 2 saturated heterocycles. The Bertz CT molecular complexity index is 190. The van der Waals surface area contributed by atoms with E-state index < -0.39 is 0 Å². The van der Waals surface area contributed by atoms with Crippen molar-refractivity contribution >= 4 is 0 Å². The molecule has 3 nitrogen and oxygen atoms in total. The van der Waals surface area contributed by atoms with Crippen LogP contribution < -0.4 is 5.32 Å². The zero-order valence-electron chi connectivity index (χ0n) is 10.0. The summed E-state index contributed by atoms with van der Waals surface area (Å²) in [5, 5.41) is 3.49. The summed E-state index contributed by atoms with van der Waals surface area (Å²) in [4.78, 5) is 2.54. The molecule has 0 radical (unpaired) electrons. The minimum absolute atomic E-state index is 0.322. The maximum absolute atomic E-state index is 5.79. The summed E-state index contributed by atoms with van der Waals surface area (Å²) in [6, 6.07) is 0. The van der Waals surface area contributed by atoms with Gasteiger partial charge < -0.3 is 9.64 Å². The Balaban J connectivity index is 1.69. The van der Waals surface area contributed by atoms with E-state index >= 15 is 0 Å². The highest BCUT2D eigenvalue weighted by molar-refractivity contribution is 4.78. The molecular formula is C12H24N2O. The Hall–Kier alpha value is -0.120. The molecule has 88 valence electrons. The van der Waals surface area contributed by atoms with Crippen LogP contribution in [0, 0.1) is 11.8 Å². The highest BCUT2D eigenvalue weighted by Gasteiger charge is 2.26. The molecule has 2 aliphatic rings. The maximum atomic E-state index is 5.79. The quantitative estimate of drug-likeness (QED) is 0.763. The van der Waals surface area contributed by atoms with Gasteiger partial charge in [0, 0.05) is 13.1 Å². The summed E-state index contributed by atoms with van der Waals surface area (Å²) in [5.41, 5.74) is 0. The molecule has 0 amide bonds. The first-order valence-corrected chi connectivity index (χ1v) is 6.35. The molecule has 0 bridgehead atoms. The van der Waals surface area contributed by atoms with Gasteiger partial charge in [-0.15, -0.1) is 0 Å². The molecule has 0 saturated carbocycles. The van der Waals surface area contributed by atoms with Crippen molar-refractivity contribution in [3.63, 3.8) is 0 Å². The number of rotatable bonds is 3. The molecule has 0 aromatic heterocycles. The molecule has 0 aliphatic carbocycles. The first kappa shape index (κ1) is 11.4. The molecule has 15 heavy (non-hydrogen) atoms. The number of nitrogens with zero attached hydrogens (tertiary/aromatic N) is 1. The van der Waals surface area contributed by atoms with Gasteiger partial charge in [-0.05, 0) is 37.8 Å². The van der Waals surface area contributed by atoms with Crippen LogP contribution in [-0.4, -0.2) is 43.9 Å². The average molecular weight is 212 g/mol. The van der Waals surface area contributed by atoms with Crippen molar-refractivity contribution in [2.45, 2.75) is 32.9 Å². The van der Waals surface area contributed by atoms with E-state index in [1.807, 2.05) is 0 Å². The van der Waals surface area contributed by atoms with Crippen LogP contribution in [0.5, 0.6) is 0 Å². The second-order valence-corrected chi connectivity index (χ2v) is 5.12. The van der Waals surface area contributed by atoms with Gasteiger partial charge in [0.25, 0.3) is 0 Å². The number of hydrogen-bond donors (Lipinski definition) is 1. The zero-order chi connectivity index (χ0) is 10.7. The molecule has 0 aromatic rings. The van der Waals surface area contributed by atoms with Crippen molar-refractivity contribution in [2.75, 3.05) is 32.8 Å². The van der Waals surface area contributed by atoms with Crippen LogP contribution in [0.25, 0.3) is 0 Å². The summed E-state index contributed by atoms with van der Waals surface area (Å²) in [6.45, 7) is 10.3. The van der Waals surface area contributed by atoms with Crippen molar-refractivity contribution in [3.8, 4) is 0 Å². The second-order valence-electron chi connectivity index (χ2n) is 5.12.